The Hall–Kier alpha value is -1.78. The van der Waals surface area contributed by atoms with Crippen LogP contribution in [0.15, 0.2) is 47.1 Å². The maximum Gasteiger partial charge on any atom is 0.234 e. The van der Waals surface area contributed by atoms with Gasteiger partial charge in [0, 0.05) is 15.8 Å². The van der Waals surface area contributed by atoms with Gasteiger partial charge in [-0.15, -0.1) is 0 Å². The molecule has 0 atom stereocenters. The molecule has 0 saturated heterocycles. The second-order valence-corrected chi connectivity index (χ2v) is 5.85. The van der Waals surface area contributed by atoms with E-state index in [0.29, 0.717) is 22.3 Å². The van der Waals surface area contributed by atoms with Crippen LogP contribution in [-0.4, -0.2) is 4.98 Å². The van der Waals surface area contributed by atoms with E-state index in [1.165, 1.54) is 0 Å². The van der Waals surface area contributed by atoms with Crippen molar-refractivity contribution in [2.45, 2.75) is 6.92 Å². The SMILES string of the molecule is Cc1c(N)cnc(Oc2ccc(Cl)c3ccccc23)c1Br. The highest BCUT2D eigenvalue weighted by Gasteiger charge is 2.12. The Labute approximate surface area is 135 Å². The first kappa shape index (κ1) is 14.2. The van der Waals surface area contributed by atoms with Crippen molar-refractivity contribution >= 4 is 44.0 Å². The number of aromatic nitrogens is 1. The van der Waals surface area contributed by atoms with Gasteiger partial charge in [0.25, 0.3) is 0 Å². The summed E-state index contributed by atoms with van der Waals surface area (Å²) in [7, 11) is 0. The number of pyridine rings is 1. The molecule has 0 aliphatic carbocycles. The first-order chi connectivity index (χ1) is 10.1. The summed E-state index contributed by atoms with van der Waals surface area (Å²) in [5.41, 5.74) is 7.35. The molecule has 0 fully saturated rings. The zero-order valence-electron chi connectivity index (χ0n) is 11.2. The standard InChI is InChI=1S/C16H12BrClN2O/c1-9-13(19)8-20-16(15(9)17)21-14-7-6-12(18)10-4-2-3-5-11(10)14/h2-8H,19H2,1H3. The number of nitrogen functional groups attached to an aromatic ring is 1. The normalized spacial score (nSPS) is 10.8. The van der Waals surface area contributed by atoms with Crippen molar-refractivity contribution in [1.82, 2.24) is 4.98 Å². The minimum absolute atomic E-state index is 0.481. The van der Waals surface area contributed by atoms with Crippen LogP contribution in [0.1, 0.15) is 5.56 Å². The van der Waals surface area contributed by atoms with Crippen LogP contribution in [0, 0.1) is 6.92 Å². The first-order valence-electron chi connectivity index (χ1n) is 6.33. The topological polar surface area (TPSA) is 48.1 Å². The third-order valence-electron chi connectivity index (χ3n) is 3.31. The Morgan fingerprint density at radius 2 is 1.86 bits per heavy atom. The predicted octanol–water partition coefficient (Wildman–Crippen LogP) is 5.33. The number of halogens is 2. The van der Waals surface area contributed by atoms with Gasteiger partial charge in [-0.1, -0.05) is 35.9 Å². The highest BCUT2D eigenvalue weighted by molar-refractivity contribution is 9.10. The molecule has 0 aliphatic rings. The maximum absolute atomic E-state index is 6.21. The number of hydrogen-bond acceptors (Lipinski definition) is 3. The molecule has 5 heteroatoms. The molecule has 3 nitrogen and oxygen atoms in total. The monoisotopic (exact) mass is 362 g/mol. The van der Waals surface area contributed by atoms with Gasteiger partial charge in [-0.2, -0.15) is 0 Å². The highest BCUT2D eigenvalue weighted by atomic mass is 79.9. The Kier molecular flexibility index (Phi) is 3.74. The molecule has 2 aromatic carbocycles. The molecule has 1 heterocycles. The van der Waals surface area contributed by atoms with Crippen molar-refractivity contribution < 1.29 is 4.74 Å². The van der Waals surface area contributed by atoms with Crippen LogP contribution in [0.25, 0.3) is 10.8 Å². The third-order valence-corrected chi connectivity index (χ3v) is 4.57. The first-order valence-corrected chi connectivity index (χ1v) is 7.50. The molecular formula is C16H12BrClN2O. The van der Waals surface area contributed by atoms with Crippen LogP contribution in [0.4, 0.5) is 5.69 Å². The molecule has 3 aromatic rings. The molecule has 0 spiro atoms. The van der Waals surface area contributed by atoms with Crippen LogP contribution in [0.5, 0.6) is 11.6 Å². The number of nitrogens with zero attached hydrogens (tertiary/aromatic N) is 1. The van der Waals surface area contributed by atoms with Crippen LogP contribution in [0.3, 0.4) is 0 Å². The van der Waals surface area contributed by atoms with Gasteiger partial charge >= 0.3 is 0 Å². The number of ether oxygens (including phenoxy) is 1. The molecule has 0 saturated carbocycles. The molecule has 0 bridgehead atoms. The van der Waals surface area contributed by atoms with Crippen molar-refractivity contribution in [3.63, 3.8) is 0 Å². The fraction of sp³-hybridized carbons (Fsp3) is 0.0625. The fourth-order valence-electron chi connectivity index (χ4n) is 2.07. The molecule has 0 radical (unpaired) electrons. The van der Waals surface area contributed by atoms with E-state index in [2.05, 4.69) is 20.9 Å². The lowest BCUT2D eigenvalue weighted by Gasteiger charge is -2.12. The zero-order chi connectivity index (χ0) is 15.0. The van der Waals surface area contributed by atoms with Crippen LogP contribution in [-0.2, 0) is 0 Å². The molecule has 21 heavy (non-hydrogen) atoms. The summed E-state index contributed by atoms with van der Waals surface area (Å²) in [5, 5.41) is 2.58. The summed E-state index contributed by atoms with van der Waals surface area (Å²) in [6, 6.07) is 11.5. The summed E-state index contributed by atoms with van der Waals surface area (Å²) in [6.45, 7) is 1.91. The van der Waals surface area contributed by atoms with Gasteiger partial charge in [0.05, 0.1) is 16.4 Å². The molecule has 0 aliphatic heterocycles. The highest BCUT2D eigenvalue weighted by Crippen LogP contribution is 2.37. The molecule has 0 unspecified atom stereocenters. The smallest absolute Gasteiger partial charge is 0.234 e. The van der Waals surface area contributed by atoms with E-state index in [9.17, 15) is 0 Å². The Balaban J connectivity index is 2.11. The van der Waals surface area contributed by atoms with Gasteiger partial charge < -0.3 is 10.5 Å². The van der Waals surface area contributed by atoms with Gasteiger partial charge in [-0.3, -0.25) is 0 Å². The lowest BCUT2D eigenvalue weighted by molar-refractivity contribution is 0.464. The van der Waals surface area contributed by atoms with Gasteiger partial charge in [-0.05, 0) is 40.5 Å². The van der Waals surface area contributed by atoms with Crippen LogP contribution >= 0.6 is 27.5 Å². The number of benzene rings is 2. The summed E-state index contributed by atoms with van der Waals surface area (Å²) in [6.07, 6.45) is 1.59. The fourth-order valence-corrected chi connectivity index (χ4v) is 2.71. The van der Waals surface area contributed by atoms with Gasteiger partial charge in [0.2, 0.25) is 5.88 Å². The van der Waals surface area contributed by atoms with Crippen molar-refractivity contribution in [1.29, 1.82) is 0 Å². The molecule has 2 N–H and O–H groups in total. The third kappa shape index (κ3) is 2.57. The van der Waals surface area contributed by atoms with Crippen molar-refractivity contribution in [2.75, 3.05) is 5.73 Å². The van der Waals surface area contributed by atoms with Gasteiger partial charge in [0.1, 0.15) is 5.75 Å². The summed E-state index contributed by atoms with van der Waals surface area (Å²) in [5.74, 6) is 1.18. The molecule has 3 rings (SSSR count). The number of hydrogen-bond donors (Lipinski definition) is 1. The molecule has 0 amide bonds. The van der Waals surface area contributed by atoms with E-state index < -0.39 is 0 Å². The average molecular weight is 364 g/mol. The summed E-state index contributed by atoms with van der Waals surface area (Å²) < 4.78 is 6.69. The zero-order valence-corrected chi connectivity index (χ0v) is 13.6. The van der Waals surface area contributed by atoms with Gasteiger partial charge in [-0.25, -0.2) is 4.98 Å². The van der Waals surface area contributed by atoms with Crippen LogP contribution < -0.4 is 10.5 Å². The van der Waals surface area contributed by atoms with Crippen molar-refractivity contribution in [2.24, 2.45) is 0 Å². The second kappa shape index (κ2) is 5.54. The van der Waals surface area contributed by atoms with E-state index in [1.54, 1.807) is 6.20 Å². The van der Waals surface area contributed by atoms with E-state index in [-0.39, 0.29) is 0 Å². The lowest BCUT2D eigenvalue weighted by Crippen LogP contribution is -1.96. The second-order valence-electron chi connectivity index (χ2n) is 4.65. The Bertz CT molecular complexity index is 836. The van der Waals surface area contributed by atoms with E-state index in [4.69, 9.17) is 22.1 Å². The van der Waals surface area contributed by atoms with Crippen molar-refractivity contribution in [3.05, 3.63) is 57.7 Å². The van der Waals surface area contributed by atoms with E-state index >= 15 is 0 Å². The lowest BCUT2D eigenvalue weighted by atomic mass is 10.1. The largest absolute Gasteiger partial charge is 0.437 e. The molecule has 106 valence electrons. The Morgan fingerprint density at radius 1 is 1.14 bits per heavy atom. The summed E-state index contributed by atoms with van der Waals surface area (Å²) in [4.78, 5) is 4.24. The van der Waals surface area contributed by atoms with Gasteiger partial charge in [0.15, 0.2) is 0 Å². The minimum atomic E-state index is 0.481. The van der Waals surface area contributed by atoms with Crippen molar-refractivity contribution in [3.8, 4) is 11.6 Å². The minimum Gasteiger partial charge on any atom is -0.437 e. The number of nitrogens with two attached hydrogens (primary N) is 1. The molecule has 1 aromatic heterocycles. The number of anilines is 1. The average Bonchev–Trinajstić information content (AvgIpc) is 2.50. The van der Waals surface area contributed by atoms with Crippen LogP contribution in [0.2, 0.25) is 5.02 Å². The maximum atomic E-state index is 6.21. The molecular weight excluding hydrogens is 352 g/mol. The predicted molar refractivity (Wildman–Crippen MR) is 90.1 cm³/mol. The Morgan fingerprint density at radius 3 is 2.62 bits per heavy atom. The summed E-state index contributed by atoms with van der Waals surface area (Å²) >= 11 is 9.69. The number of fused-ring (bicyclic) bond motifs is 1. The van der Waals surface area contributed by atoms with E-state index in [1.807, 2.05) is 43.3 Å². The van der Waals surface area contributed by atoms with E-state index in [0.717, 1.165) is 20.8 Å². The quantitative estimate of drug-likeness (QED) is 0.669. The number of rotatable bonds is 2.